The van der Waals surface area contributed by atoms with E-state index in [0.29, 0.717) is 0 Å². The molecule has 12 heteroatoms. The maximum absolute atomic E-state index is 14.9. The van der Waals surface area contributed by atoms with Gasteiger partial charge in [-0.2, -0.15) is 4.98 Å². The molecule has 178 valence electrons. The molecule has 3 N–H and O–H groups in total. The molecule has 4 rings (SSSR count). The number of amides is 1. The van der Waals surface area contributed by atoms with Crippen LogP contribution in [0.1, 0.15) is 20.7 Å². The standard InChI is InChI=1S/C22H23FN6O5/c1-22(2)20(30)28-19-13(34-22)6-7-16(27-19)26-18-12(23)10-24-21(29-18)25-11-8-14(31-3)17(33-5)15(9-11)32-4/h6-10H,1-5H3,(H3,24,25,26,27,28,29,30)/i6D,7D,8D,9D,10D. The van der Waals surface area contributed by atoms with E-state index in [-0.39, 0.29) is 52.4 Å². The minimum absolute atomic E-state index is 0.0104. The summed E-state index contributed by atoms with van der Waals surface area (Å²) in [6.45, 7) is 2.97. The van der Waals surface area contributed by atoms with Gasteiger partial charge in [0.25, 0.3) is 5.91 Å². The minimum atomic E-state index is -1.30. The Kier molecular flexibility index (Phi) is 4.49. The fraction of sp³-hybridized carbons (Fsp3) is 0.273. The first kappa shape index (κ1) is 17.2. The Balaban J connectivity index is 1.76. The Bertz CT molecular complexity index is 1480. The van der Waals surface area contributed by atoms with E-state index in [1.54, 1.807) is 0 Å². The average molecular weight is 475 g/mol. The smallest absolute Gasteiger partial charge is 0.269 e. The van der Waals surface area contributed by atoms with Gasteiger partial charge in [-0.25, -0.2) is 14.4 Å². The van der Waals surface area contributed by atoms with Gasteiger partial charge in [-0.1, -0.05) is 0 Å². The Morgan fingerprint density at radius 2 is 1.79 bits per heavy atom. The fourth-order valence-electron chi connectivity index (χ4n) is 2.85. The number of anilines is 5. The molecule has 0 fully saturated rings. The predicted octanol–water partition coefficient (Wildman–Crippen LogP) is 3.63. The quantitative estimate of drug-likeness (QED) is 0.466. The van der Waals surface area contributed by atoms with E-state index in [4.69, 9.17) is 25.8 Å². The third-order valence-corrected chi connectivity index (χ3v) is 4.53. The summed E-state index contributed by atoms with van der Waals surface area (Å²) in [5, 5.41) is 7.55. The van der Waals surface area contributed by atoms with Gasteiger partial charge in [0.2, 0.25) is 11.7 Å². The van der Waals surface area contributed by atoms with E-state index in [9.17, 15) is 9.18 Å². The molecular weight excluding hydrogens is 447 g/mol. The lowest BCUT2D eigenvalue weighted by Crippen LogP contribution is -2.46. The topological polar surface area (TPSA) is 129 Å². The second-order valence-corrected chi connectivity index (χ2v) is 7.25. The van der Waals surface area contributed by atoms with E-state index in [0.717, 1.165) is 0 Å². The van der Waals surface area contributed by atoms with Crippen molar-refractivity contribution < 1.29 is 35.0 Å². The monoisotopic (exact) mass is 475 g/mol. The van der Waals surface area contributed by atoms with Gasteiger partial charge in [-0.15, -0.1) is 0 Å². The third kappa shape index (κ3) is 4.42. The minimum Gasteiger partial charge on any atom is -0.493 e. The molecule has 0 bridgehead atoms. The zero-order valence-corrected chi connectivity index (χ0v) is 18.8. The molecular formula is C22H23FN6O5. The van der Waals surface area contributed by atoms with Crippen LogP contribution in [0.25, 0.3) is 0 Å². The summed E-state index contributed by atoms with van der Waals surface area (Å²) in [5.41, 5.74) is -1.49. The lowest BCUT2D eigenvalue weighted by Gasteiger charge is -2.30. The maximum Gasteiger partial charge on any atom is 0.269 e. The number of hydrogen-bond donors (Lipinski definition) is 3. The van der Waals surface area contributed by atoms with Crippen LogP contribution in [0.15, 0.2) is 30.3 Å². The summed E-state index contributed by atoms with van der Waals surface area (Å²) in [4.78, 5) is 24.0. The van der Waals surface area contributed by atoms with Crippen molar-refractivity contribution in [1.82, 2.24) is 15.0 Å². The molecule has 0 saturated heterocycles. The number of hydrogen-bond acceptors (Lipinski definition) is 10. The fourth-order valence-corrected chi connectivity index (χ4v) is 2.85. The van der Waals surface area contributed by atoms with Crippen LogP contribution in [0.3, 0.4) is 0 Å². The summed E-state index contributed by atoms with van der Waals surface area (Å²) in [6, 6.07) is -1.57. The summed E-state index contributed by atoms with van der Waals surface area (Å²) in [5.74, 6) is -3.51. The highest BCUT2D eigenvalue weighted by Crippen LogP contribution is 2.40. The van der Waals surface area contributed by atoms with Crippen LogP contribution in [-0.2, 0) is 4.79 Å². The summed E-state index contributed by atoms with van der Waals surface area (Å²) in [6.07, 6.45) is -0.866. The zero-order chi connectivity index (χ0) is 28.8. The SMILES string of the molecule is [2H]c1nc(Nc2c([2H])c(OC)c(OC)c(OC)c2[2H])nc(Nc2nc3c(c([2H])c2[2H])OC(C)(C)C(=O)N3)c1F. The molecule has 3 heterocycles. The van der Waals surface area contributed by atoms with Crippen molar-refractivity contribution in [3.63, 3.8) is 0 Å². The number of methoxy groups -OCH3 is 3. The number of pyridine rings is 1. The molecule has 3 aromatic rings. The number of nitrogens with one attached hydrogen (secondary N) is 3. The van der Waals surface area contributed by atoms with Gasteiger partial charge in [0, 0.05) is 17.8 Å². The van der Waals surface area contributed by atoms with Crippen molar-refractivity contribution >= 4 is 35.0 Å². The van der Waals surface area contributed by atoms with Crippen LogP contribution in [-0.4, -0.2) is 47.8 Å². The number of carbonyl (C=O) groups is 1. The van der Waals surface area contributed by atoms with Crippen LogP contribution in [0.4, 0.5) is 33.5 Å². The highest BCUT2D eigenvalue weighted by molar-refractivity contribution is 5.99. The van der Waals surface area contributed by atoms with Gasteiger partial charge in [0.05, 0.1) is 34.4 Å². The van der Waals surface area contributed by atoms with Gasteiger partial charge >= 0.3 is 0 Å². The van der Waals surface area contributed by atoms with Gasteiger partial charge in [0.15, 0.2) is 40.3 Å². The van der Waals surface area contributed by atoms with Crippen molar-refractivity contribution in [2.24, 2.45) is 0 Å². The molecule has 1 aliphatic heterocycles. The van der Waals surface area contributed by atoms with E-state index in [1.807, 2.05) is 0 Å². The molecule has 0 aliphatic carbocycles. The Morgan fingerprint density at radius 3 is 2.44 bits per heavy atom. The second-order valence-electron chi connectivity index (χ2n) is 7.25. The van der Waals surface area contributed by atoms with Crippen LogP contribution < -0.4 is 34.9 Å². The Morgan fingerprint density at radius 1 is 1.09 bits per heavy atom. The number of benzene rings is 1. The molecule has 2 aromatic heterocycles. The predicted molar refractivity (Wildman–Crippen MR) is 122 cm³/mol. The van der Waals surface area contributed by atoms with Crippen LogP contribution in [0.2, 0.25) is 0 Å². The van der Waals surface area contributed by atoms with Gasteiger partial charge in [-0.05, 0) is 25.9 Å². The first-order valence-electron chi connectivity index (χ1n) is 12.2. The largest absolute Gasteiger partial charge is 0.493 e. The first-order chi connectivity index (χ1) is 18.3. The molecule has 34 heavy (non-hydrogen) atoms. The summed E-state index contributed by atoms with van der Waals surface area (Å²) >= 11 is 0. The third-order valence-electron chi connectivity index (χ3n) is 4.53. The average Bonchev–Trinajstić information content (AvgIpc) is 2.88. The second kappa shape index (κ2) is 8.89. The molecule has 0 saturated carbocycles. The molecule has 1 aromatic carbocycles. The molecule has 11 nitrogen and oxygen atoms in total. The highest BCUT2D eigenvalue weighted by atomic mass is 19.1. The molecule has 0 radical (unpaired) electrons. The van der Waals surface area contributed by atoms with Crippen LogP contribution >= 0.6 is 0 Å². The van der Waals surface area contributed by atoms with E-state index in [2.05, 4.69) is 30.9 Å². The maximum atomic E-state index is 14.9. The number of carbonyl (C=O) groups excluding carboxylic acids is 1. The molecule has 0 spiro atoms. The lowest BCUT2D eigenvalue weighted by molar-refractivity contribution is -0.129. The molecule has 0 unspecified atom stereocenters. The van der Waals surface area contributed by atoms with Crippen molar-refractivity contribution in [2.75, 3.05) is 37.3 Å². The van der Waals surface area contributed by atoms with Crippen molar-refractivity contribution in [3.8, 4) is 23.0 Å². The van der Waals surface area contributed by atoms with Gasteiger partial charge < -0.3 is 34.9 Å². The number of nitrogens with zero attached hydrogens (tertiary/aromatic N) is 3. The summed E-state index contributed by atoms with van der Waals surface area (Å²) in [7, 11) is 3.90. The Labute approximate surface area is 201 Å². The molecule has 0 atom stereocenters. The molecule has 1 amide bonds. The number of aromatic nitrogens is 3. The van der Waals surface area contributed by atoms with Crippen molar-refractivity contribution in [3.05, 3.63) is 36.2 Å². The van der Waals surface area contributed by atoms with Crippen molar-refractivity contribution in [1.29, 1.82) is 0 Å². The zero-order valence-electron chi connectivity index (χ0n) is 23.8. The van der Waals surface area contributed by atoms with Crippen molar-refractivity contribution in [2.45, 2.75) is 19.4 Å². The Hall–Kier alpha value is -4.35. The number of fused-ring (bicyclic) bond motifs is 1. The normalized spacial score (nSPS) is 15.8. The summed E-state index contributed by atoms with van der Waals surface area (Å²) < 4.78 is 77.4. The number of ether oxygens (including phenoxy) is 4. The van der Waals surface area contributed by atoms with E-state index >= 15 is 0 Å². The van der Waals surface area contributed by atoms with Gasteiger partial charge in [0.1, 0.15) is 5.82 Å². The van der Waals surface area contributed by atoms with Crippen LogP contribution in [0, 0.1) is 5.82 Å². The first-order valence-corrected chi connectivity index (χ1v) is 9.73. The number of halogens is 1. The highest BCUT2D eigenvalue weighted by Gasteiger charge is 2.36. The van der Waals surface area contributed by atoms with Gasteiger partial charge in [-0.3, -0.25) is 4.79 Å². The van der Waals surface area contributed by atoms with E-state index in [1.165, 1.54) is 35.2 Å². The van der Waals surface area contributed by atoms with E-state index < -0.39 is 47.3 Å². The van der Waals surface area contributed by atoms with Crippen LogP contribution in [0.5, 0.6) is 23.0 Å². The molecule has 1 aliphatic rings. The lowest BCUT2D eigenvalue weighted by atomic mass is 10.1. The number of rotatable bonds is 7.